The molecule has 11 rings (SSSR count). The second-order valence-electron chi connectivity index (χ2n) is 13.6. The predicted molar refractivity (Wildman–Crippen MR) is 219 cm³/mol. The quantitative estimate of drug-likeness (QED) is 0.174. The van der Waals surface area contributed by atoms with Crippen LogP contribution in [0.25, 0.3) is 110 Å². The average molecular weight is 676 g/mol. The smallest absolute Gasteiger partial charge is 0.162 e. The van der Waals surface area contributed by atoms with Crippen molar-refractivity contribution in [2.45, 2.75) is 0 Å². The van der Waals surface area contributed by atoms with Crippen molar-refractivity contribution >= 4 is 65.4 Å². The van der Waals surface area contributed by atoms with E-state index in [2.05, 4.69) is 146 Å². The molecule has 0 unspecified atom stereocenters. The van der Waals surface area contributed by atoms with Crippen LogP contribution in [0, 0.1) is 0 Å². The van der Waals surface area contributed by atoms with Gasteiger partial charge in [-0.1, -0.05) is 158 Å². The number of pyridine rings is 3. The first-order valence-electron chi connectivity index (χ1n) is 17.9. The van der Waals surface area contributed by atoms with Crippen LogP contribution in [0.4, 0.5) is 0 Å². The molecule has 53 heavy (non-hydrogen) atoms. The van der Waals surface area contributed by atoms with Crippen LogP contribution in [0.5, 0.6) is 0 Å². The number of nitrogens with zero attached hydrogens (tertiary/aromatic N) is 3. The Labute approximate surface area is 304 Å². The van der Waals surface area contributed by atoms with Gasteiger partial charge >= 0.3 is 0 Å². The van der Waals surface area contributed by atoms with E-state index >= 15 is 0 Å². The van der Waals surface area contributed by atoms with Crippen LogP contribution in [0.3, 0.4) is 0 Å². The summed E-state index contributed by atoms with van der Waals surface area (Å²) >= 11 is 0. The minimum absolute atomic E-state index is 0.813. The zero-order chi connectivity index (χ0) is 34.9. The first-order chi connectivity index (χ1) is 26.2. The van der Waals surface area contributed by atoms with Crippen molar-refractivity contribution in [2.24, 2.45) is 0 Å². The van der Waals surface area contributed by atoms with E-state index < -0.39 is 0 Å². The van der Waals surface area contributed by atoms with Gasteiger partial charge in [-0.15, -0.1) is 0 Å². The Kier molecular flexibility index (Phi) is 6.52. The SMILES string of the molecule is c1ccc(-c2ccc3ccc4ccc(-c5ccc(-c6ccc(-c7nc8c9ccccc9ccc8c8c7oc7ccccc78)cc6)cc5)nc4c3n2)cc1. The highest BCUT2D eigenvalue weighted by atomic mass is 16.3. The number of aromatic nitrogens is 3. The number of rotatable bonds is 4. The van der Waals surface area contributed by atoms with Gasteiger partial charge in [0.1, 0.15) is 11.3 Å². The molecular weight excluding hydrogens is 647 g/mol. The van der Waals surface area contributed by atoms with Crippen LogP contribution in [-0.4, -0.2) is 15.0 Å². The standard InChI is InChI=1S/C49H29N3O/c1-2-9-33(10-3-1)41-28-25-35-22-23-36-26-29-42(51-46(36)45(35)50-41)34-18-14-30(15-19-34)31-16-20-37(21-17-31)47-49-44(39-12-6-7-13-43(39)53-49)40-27-24-32-8-4-5-11-38(32)48(40)52-47/h1-29H. The number of fused-ring (bicyclic) bond motifs is 10. The third-order valence-corrected chi connectivity index (χ3v) is 10.5. The molecule has 0 aliphatic carbocycles. The van der Waals surface area contributed by atoms with Gasteiger partial charge in [-0.3, -0.25) is 0 Å². The number of hydrogen-bond acceptors (Lipinski definition) is 4. The molecule has 0 amide bonds. The van der Waals surface area contributed by atoms with E-state index in [1.165, 1.54) is 5.39 Å². The lowest BCUT2D eigenvalue weighted by Gasteiger charge is -2.10. The largest absolute Gasteiger partial charge is 0.454 e. The minimum Gasteiger partial charge on any atom is -0.454 e. The molecule has 7 aromatic carbocycles. The monoisotopic (exact) mass is 675 g/mol. The summed E-state index contributed by atoms with van der Waals surface area (Å²) in [7, 11) is 0. The van der Waals surface area contributed by atoms with Crippen molar-refractivity contribution in [1.82, 2.24) is 15.0 Å². The second kappa shape index (κ2) is 11.7. The Bertz CT molecular complexity index is 3200. The summed E-state index contributed by atoms with van der Waals surface area (Å²) < 4.78 is 6.53. The summed E-state index contributed by atoms with van der Waals surface area (Å²) in [6.45, 7) is 0. The highest BCUT2D eigenvalue weighted by Crippen LogP contribution is 2.41. The van der Waals surface area contributed by atoms with E-state index in [-0.39, 0.29) is 0 Å². The number of benzene rings is 7. The first kappa shape index (κ1) is 29.5. The van der Waals surface area contributed by atoms with Crippen LogP contribution in [0.15, 0.2) is 180 Å². The van der Waals surface area contributed by atoms with E-state index in [0.717, 1.165) is 105 Å². The summed E-state index contributed by atoms with van der Waals surface area (Å²) in [5.41, 5.74) is 12.6. The highest BCUT2D eigenvalue weighted by molar-refractivity contribution is 6.24. The van der Waals surface area contributed by atoms with Crippen LogP contribution in [0.1, 0.15) is 0 Å². The fourth-order valence-electron chi connectivity index (χ4n) is 7.77. The molecule has 4 nitrogen and oxygen atoms in total. The molecule has 0 aliphatic heterocycles. The maximum atomic E-state index is 6.53. The van der Waals surface area contributed by atoms with Crippen molar-refractivity contribution in [1.29, 1.82) is 0 Å². The lowest BCUT2D eigenvalue weighted by atomic mass is 9.98. The van der Waals surface area contributed by atoms with Crippen molar-refractivity contribution in [3.05, 3.63) is 176 Å². The van der Waals surface area contributed by atoms with E-state index in [0.29, 0.717) is 0 Å². The molecule has 0 N–H and O–H groups in total. The van der Waals surface area contributed by atoms with Gasteiger partial charge in [-0.25, -0.2) is 15.0 Å². The first-order valence-corrected chi connectivity index (χ1v) is 17.9. The predicted octanol–water partition coefficient (Wildman–Crippen LogP) is 13.1. The van der Waals surface area contributed by atoms with Gasteiger partial charge in [-0.2, -0.15) is 0 Å². The van der Waals surface area contributed by atoms with Gasteiger partial charge < -0.3 is 4.42 Å². The molecule has 0 spiro atoms. The molecule has 0 aliphatic rings. The van der Waals surface area contributed by atoms with E-state index in [9.17, 15) is 0 Å². The molecular formula is C49H29N3O. The Morgan fingerprint density at radius 3 is 1.55 bits per heavy atom. The van der Waals surface area contributed by atoms with E-state index in [1.54, 1.807) is 0 Å². The van der Waals surface area contributed by atoms with Gasteiger partial charge in [0.05, 0.1) is 27.9 Å². The van der Waals surface area contributed by atoms with Crippen molar-refractivity contribution in [3.8, 4) is 44.9 Å². The minimum atomic E-state index is 0.813. The summed E-state index contributed by atoms with van der Waals surface area (Å²) in [4.78, 5) is 15.5. The molecule has 4 heteroatoms. The van der Waals surface area contributed by atoms with Crippen LogP contribution >= 0.6 is 0 Å². The van der Waals surface area contributed by atoms with Gasteiger partial charge in [-0.05, 0) is 34.7 Å². The summed E-state index contributed by atoms with van der Waals surface area (Å²) in [5, 5.41) is 7.77. The van der Waals surface area contributed by atoms with Crippen molar-refractivity contribution in [2.75, 3.05) is 0 Å². The average Bonchev–Trinajstić information content (AvgIpc) is 3.63. The fraction of sp³-hybridized carbons (Fsp3) is 0. The topological polar surface area (TPSA) is 51.8 Å². The Morgan fingerprint density at radius 2 is 0.849 bits per heavy atom. The number of para-hydroxylation sites is 1. The second-order valence-corrected chi connectivity index (χ2v) is 13.6. The van der Waals surface area contributed by atoms with E-state index in [4.69, 9.17) is 19.4 Å². The lowest BCUT2D eigenvalue weighted by Crippen LogP contribution is -1.91. The van der Waals surface area contributed by atoms with Crippen LogP contribution in [-0.2, 0) is 0 Å². The Morgan fingerprint density at radius 1 is 0.321 bits per heavy atom. The van der Waals surface area contributed by atoms with Gasteiger partial charge in [0, 0.05) is 49.0 Å². The molecule has 0 saturated carbocycles. The molecule has 11 aromatic rings. The van der Waals surface area contributed by atoms with Crippen molar-refractivity contribution < 1.29 is 4.42 Å². The lowest BCUT2D eigenvalue weighted by molar-refractivity contribution is 0.669. The maximum Gasteiger partial charge on any atom is 0.162 e. The van der Waals surface area contributed by atoms with Crippen LogP contribution in [0.2, 0.25) is 0 Å². The summed E-state index contributed by atoms with van der Waals surface area (Å²) in [6.07, 6.45) is 0. The normalized spacial score (nSPS) is 11.8. The zero-order valence-electron chi connectivity index (χ0n) is 28.5. The van der Waals surface area contributed by atoms with Gasteiger partial charge in [0.2, 0.25) is 0 Å². The molecule has 0 saturated heterocycles. The Balaban J connectivity index is 0.964. The number of furan rings is 1. The molecule has 4 heterocycles. The summed E-state index contributed by atoms with van der Waals surface area (Å²) in [5.74, 6) is 0. The molecule has 0 fully saturated rings. The molecule has 0 atom stereocenters. The highest BCUT2D eigenvalue weighted by Gasteiger charge is 2.19. The van der Waals surface area contributed by atoms with E-state index in [1.807, 2.05) is 30.3 Å². The van der Waals surface area contributed by atoms with Gasteiger partial charge in [0.25, 0.3) is 0 Å². The zero-order valence-corrected chi connectivity index (χ0v) is 28.5. The summed E-state index contributed by atoms with van der Waals surface area (Å²) in [6, 6.07) is 61.4. The third kappa shape index (κ3) is 4.80. The molecule has 246 valence electrons. The fourth-order valence-corrected chi connectivity index (χ4v) is 7.77. The van der Waals surface area contributed by atoms with Gasteiger partial charge in [0.15, 0.2) is 5.58 Å². The maximum absolute atomic E-state index is 6.53. The molecule has 0 bridgehead atoms. The number of hydrogen-bond donors (Lipinski definition) is 0. The van der Waals surface area contributed by atoms with Crippen LogP contribution < -0.4 is 0 Å². The Hall–Kier alpha value is -7.17. The van der Waals surface area contributed by atoms with Crippen molar-refractivity contribution in [3.63, 3.8) is 0 Å². The molecule has 0 radical (unpaired) electrons. The molecule has 4 aromatic heterocycles. The third-order valence-electron chi connectivity index (χ3n) is 10.5.